The number of carbonyl (C=O) groups excluding carboxylic acids is 2. The van der Waals surface area contributed by atoms with Crippen LogP contribution in [0.25, 0.3) is 0 Å². The van der Waals surface area contributed by atoms with E-state index in [0.29, 0.717) is 19.6 Å². The van der Waals surface area contributed by atoms with E-state index in [4.69, 9.17) is 14.2 Å². The summed E-state index contributed by atoms with van der Waals surface area (Å²) in [5.74, 6) is 0.304. The van der Waals surface area contributed by atoms with E-state index in [2.05, 4.69) is 5.32 Å². The van der Waals surface area contributed by atoms with Crippen LogP contribution >= 0.6 is 0 Å². The minimum atomic E-state index is -0.506. The Morgan fingerprint density at radius 2 is 1.74 bits per heavy atom. The highest BCUT2D eigenvalue weighted by molar-refractivity contribution is 5.77. The first-order valence-corrected chi connectivity index (χ1v) is 12.0. The van der Waals surface area contributed by atoms with Gasteiger partial charge in [-0.3, -0.25) is 4.79 Å². The van der Waals surface area contributed by atoms with E-state index in [1.165, 1.54) is 12.1 Å². The van der Waals surface area contributed by atoms with Gasteiger partial charge in [-0.2, -0.15) is 0 Å². The topological polar surface area (TPSA) is 77.1 Å². The quantitative estimate of drug-likeness (QED) is 0.501. The largest absolute Gasteiger partial charge is 0.489 e. The summed E-state index contributed by atoms with van der Waals surface area (Å²) in [6.45, 7) is 7.51. The number of nitrogens with one attached hydrogen (secondary N) is 1. The first-order valence-electron chi connectivity index (χ1n) is 12.0. The van der Waals surface area contributed by atoms with Crippen molar-refractivity contribution in [3.05, 3.63) is 65.5 Å². The molecule has 0 spiro atoms. The van der Waals surface area contributed by atoms with Gasteiger partial charge in [0.15, 0.2) is 0 Å². The molecular formula is C27H35FN2O5. The van der Waals surface area contributed by atoms with Gasteiger partial charge in [-0.25, -0.2) is 9.18 Å². The Hall–Kier alpha value is -3.13. The van der Waals surface area contributed by atoms with Gasteiger partial charge in [-0.1, -0.05) is 24.3 Å². The van der Waals surface area contributed by atoms with Crippen molar-refractivity contribution in [1.29, 1.82) is 0 Å². The van der Waals surface area contributed by atoms with E-state index in [0.717, 1.165) is 36.1 Å². The molecule has 1 aliphatic heterocycles. The van der Waals surface area contributed by atoms with Crippen molar-refractivity contribution in [1.82, 2.24) is 10.2 Å². The average Bonchev–Trinajstić information content (AvgIpc) is 3.27. The number of amides is 2. The summed E-state index contributed by atoms with van der Waals surface area (Å²) in [4.78, 5) is 25.8. The monoisotopic (exact) mass is 486 g/mol. The van der Waals surface area contributed by atoms with Gasteiger partial charge in [-0.15, -0.1) is 0 Å². The number of likely N-dealkylation sites (tertiary alicyclic amines) is 1. The van der Waals surface area contributed by atoms with Crippen molar-refractivity contribution < 1.29 is 28.2 Å². The maximum absolute atomic E-state index is 12.9. The fraction of sp³-hybridized carbons (Fsp3) is 0.481. The number of ether oxygens (including phenoxy) is 3. The highest BCUT2D eigenvalue weighted by Crippen LogP contribution is 2.21. The van der Waals surface area contributed by atoms with Gasteiger partial charge in [-0.05, 0) is 69.0 Å². The molecule has 2 aromatic carbocycles. The molecule has 0 unspecified atom stereocenters. The number of halogens is 1. The maximum Gasteiger partial charge on any atom is 0.410 e. The van der Waals surface area contributed by atoms with Crippen molar-refractivity contribution in [3.63, 3.8) is 0 Å². The smallest absolute Gasteiger partial charge is 0.410 e. The summed E-state index contributed by atoms with van der Waals surface area (Å²) in [5.41, 5.74) is 1.47. The molecule has 190 valence electrons. The van der Waals surface area contributed by atoms with E-state index >= 15 is 0 Å². The lowest BCUT2D eigenvalue weighted by molar-refractivity contribution is -0.126. The molecule has 7 nitrogen and oxygen atoms in total. The lowest BCUT2D eigenvalue weighted by Crippen LogP contribution is -2.36. The van der Waals surface area contributed by atoms with Crippen molar-refractivity contribution in [2.24, 2.45) is 0 Å². The molecule has 0 radical (unpaired) electrons. The number of benzene rings is 2. The molecule has 1 heterocycles. The third-order valence-corrected chi connectivity index (χ3v) is 5.40. The van der Waals surface area contributed by atoms with Gasteiger partial charge in [0.1, 0.15) is 29.9 Å². The second-order valence-corrected chi connectivity index (χ2v) is 9.67. The molecular weight excluding hydrogens is 451 g/mol. The molecule has 1 atom stereocenters. The molecule has 0 saturated carbocycles. The molecule has 1 saturated heterocycles. The fourth-order valence-electron chi connectivity index (χ4n) is 3.66. The van der Waals surface area contributed by atoms with Crippen molar-refractivity contribution in [2.75, 3.05) is 26.2 Å². The van der Waals surface area contributed by atoms with Crippen LogP contribution in [0.1, 0.15) is 44.7 Å². The van der Waals surface area contributed by atoms with Gasteiger partial charge in [0, 0.05) is 19.5 Å². The lowest BCUT2D eigenvalue weighted by atomic mass is 10.1. The molecule has 8 heteroatoms. The predicted octanol–water partition coefficient (Wildman–Crippen LogP) is 4.48. The summed E-state index contributed by atoms with van der Waals surface area (Å²) in [5, 5.41) is 2.84. The van der Waals surface area contributed by atoms with Gasteiger partial charge in [0.25, 0.3) is 0 Å². The number of hydrogen-bond donors (Lipinski definition) is 1. The Bertz CT molecular complexity index is 957. The van der Waals surface area contributed by atoms with Gasteiger partial charge in [0.05, 0.1) is 13.2 Å². The molecule has 1 N–H and O–H groups in total. The van der Waals surface area contributed by atoms with Crippen LogP contribution in [0.15, 0.2) is 48.5 Å². The molecule has 2 amide bonds. The Balaban J connectivity index is 1.29. The lowest BCUT2D eigenvalue weighted by Gasteiger charge is -2.24. The molecule has 3 rings (SSSR count). The number of rotatable bonds is 10. The molecule has 2 aromatic rings. The first kappa shape index (κ1) is 26.5. The minimum absolute atomic E-state index is 0.0318. The van der Waals surface area contributed by atoms with Gasteiger partial charge < -0.3 is 24.4 Å². The molecule has 0 aromatic heterocycles. The number of hydrogen-bond acceptors (Lipinski definition) is 5. The molecule has 0 aliphatic carbocycles. The molecule has 0 bridgehead atoms. The fourth-order valence-corrected chi connectivity index (χ4v) is 3.66. The number of carbonyl (C=O) groups is 2. The van der Waals surface area contributed by atoms with Crippen LogP contribution in [0.3, 0.4) is 0 Å². The number of nitrogens with zero attached hydrogens (tertiary/aromatic N) is 1. The maximum atomic E-state index is 12.9. The SMILES string of the molecule is CC(C)(C)OC(=O)N1CC[C@@H](Oc2ccc(CCCNC(=O)COCc3ccc(F)cc3)cc2)C1. The number of aryl methyl sites for hydroxylation is 1. The van der Waals surface area contributed by atoms with Crippen LogP contribution in [-0.4, -0.2) is 54.8 Å². The molecule has 1 aliphatic rings. The Morgan fingerprint density at radius 1 is 1.06 bits per heavy atom. The normalized spacial score (nSPS) is 15.7. The summed E-state index contributed by atoms with van der Waals surface area (Å²) in [6, 6.07) is 13.9. The first-order chi connectivity index (χ1) is 16.7. The highest BCUT2D eigenvalue weighted by Gasteiger charge is 2.30. The van der Waals surface area contributed by atoms with Crippen molar-refractivity contribution in [2.45, 2.75) is 58.3 Å². The van der Waals surface area contributed by atoms with Crippen molar-refractivity contribution >= 4 is 12.0 Å². The highest BCUT2D eigenvalue weighted by atomic mass is 19.1. The predicted molar refractivity (Wildman–Crippen MR) is 131 cm³/mol. The zero-order valence-electron chi connectivity index (χ0n) is 20.7. The molecule has 1 fully saturated rings. The Labute approximate surface area is 206 Å². The van der Waals surface area contributed by atoms with Gasteiger partial charge in [0.2, 0.25) is 5.91 Å². The van der Waals surface area contributed by atoms with Gasteiger partial charge >= 0.3 is 6.09 Å². The van der Waals surface area contributed by atoms with E-state index in [1.807, 2.05) is 45.0 Å². The summed E-state index contributed by atoms with van der Waals surface area (Å²) in [7, 11) is 0. The third kappa shape index (κ3) is 9.56. The Morgan fingerprint density at radius 3 is 2.43 bits per heavy atom. The third-order valence-electron chi connectivity index (χ3n) is 5.40. The summed E-state index contributed by atoms with van der Waals surface area (Å²) < 4.78 is 29.7. The summed E-state index contributed by atoms with van der Waals surface area (Å²) in [6.07, 6.45) is 2.05. The van der Waals surface area contributed by atoms with E-state index in [9.17, 15) is 14.0 Å². The standard InChI is InChI=1S/C27H35FN2O5/c1-27(2,3)35-26(32)30-16-14-24(17-30)34-23-12-8-20(9-13-23)5-4-15-29-25(31)19-33-18-21-6-10-22(28)11-7-21/h6-13,24H,4-5,14-19H2,1-3H3,(H,29,31)/t24-/m1/s1. The van der Waals surface area contributed by atoms with Crippen LogP contribution in [0.5, 0.6) is 5.75 Å². The minimum Gasteiger partial charge on any atom is -0.489 e. The average molecular weight is 487 g/mol. The Kier molecular flexibility index (Phi) is 9.48. The van der Waals surface area contributed by atoms with Crippen molar-refractivity contribution in [3.8, 4) is 5.75 Å². The van der Waals surface area contributed by atoms with E-state index in [-0.39, 0.29) is 37.1 Å². The van der Waals surface area contributed by atoms with Crippen LogP contribution in [-0.2, 0) is 27.3 Å². The van der Waals surface area contributed by atoms with E-state index in [1.54, 1.807) is 17.0 Å². The van der Waals surface area contributed by atoms with Crippen LogP contribution < -0.4 is 10.1 Å². The second-order valence-electron chi connectivity index (χ2n) is 9.67. The van der Waals surface area contributed by atoms with Crippen LogP contribution in [0.2, 0.25) is 0 Å². The summed E-state index contributed by atoms with van der Waals surface area (Å²) >= 11 is 0. The zero-order chi connectivity index (χ0) is 25.3. The molecule has 35 heavy (non-hydrogen) atoms. The van der Waals surface area contributed by atoms with Crippen LogP contribution in [0.4, 0.5) is 9.18 Å². The zero-order valence-corrected chi connectivity index (χ0v) is 20.7. The second kappa shape index (κ2) is 12.5. The van der Waals surface area contributed by atoms with E-state index < -0.39 is 5.60 Å². The van der Waals surface area contributed by atoms with Crippen LogP contribution in [0, 0.1) is 5.82 Å².